The Morgan fingerprint density at radius 2 is 1.88 bits per heavy atom. The van der Waals surface area contributed by atoms with E-state index in [9.17, 15) is 9.90 Å². The Bertz CT molecular complexity index is 1090. The lowest BCUT2D eigenvalue weighted by Crippen LogP contribution is -2.20. The first kappa shape index (κ1) is 18.8. The van der Waals surface area contributed by atoms with Gasteiger partial charge < -0.3 is 5.11 Å². The summed E-state index contributed by atoms with van der Waals surface area (Å²) in [6, 6.07) is 7.03. The van der Waals surface area contributed by atoms with Gasteiger partial charge in [-0.3, -0.25) is 4.79 Å². The molecule has 3 rings (SSSR count). The fourth-order valence-corrected chi connectivity index (χ4v) is 4.91. The number of aromatic nitrogens is 2. The van der Waals surface area contributed by atoms with Crippen molar-refractivity contribution < 1.29 is 5.11 Å². The predicted octanol–water partition coefficient (Wildman–Crippen LogP) is 5.34. The number of hydrogen-bond donors (Lipinski definition) is 1. The highest BCUT2D eigenvalue weighted by atomic mass is 79.9. The van der Waals surface area contributed by atoms with E-state index in [0.717, 1.165) is 4.47 Å². The topological polar surface area (TPSA) is 67.5 Å². The number of hydrogen-bond acceptors (Lipinski definition) is 4. The zero-order valence-electron chi connectivity index (χ0n) is 12.6. The molecule has 1 aromatic heterocycles. The molecule has 0 radical (unpaired) electrons. The predicted molar refractivity (Wildman–Crippen MR) is 113 cm³/mol. The van der Waals surface area contributed by atoms with Crippen LogP contribution in [0, 0.1) is 6.92 Å². The molecule has 0 atom stereocenters. The van der Waals surface area contributed by atoms with Gasteiger partial charge in [-0.1, -0.05) is 31.9 Å². The van der Waals surface area contributed by atoms with E-state index in [2.05, 4.69) is 73.8 Å². The molecule has 0 saturated carbocycles. The average molecular weight is 595 g/mol. The second kappa shape index (κ2) is 7.30. The summed E-state index contributed by atoms with van der Waals surface area (Å²) >= 11 is 13.4. The van der Waals surface area contributed by atoms with Gasteiger partial charge in [0.15, 0.2) is 0 Å². The monoisotopic (exact) mass is 591 g/mol. The van der Waals surface area contributed by atoms with E-state index in [1.807, 2.05) is 6.07 Å². The normalized spacial score (nSPS) is 11.6. The second-order valence-electron chi connectivity index (χ2n) is 5.10. The third kappa shape index (κ3) is 3.60. The van der Waals surface area contributed by atoms with Crippen LogP contribution in [0.25, 0.3) is 10.9 Å². The maximum absolute atomic E-state index is 12.7. The number of fused-ring (bicyclic) bond motifs is 1. The van der Waals surface area contributed by atoms with Gasteiger partial charge in [0, 0.05) is 14.5 Å². The third-order valence-electron chi connectivity index (χ3n) is 3.45. The molecule has 1 heterocycles. The SMILES string of the molecule is Cc1nc2ccc(Br)cc2c(=O)n1N=Cc1c(Br)cc(Br)c(O)c1Br. The lowest BCUT2D eigenvalue weighted by molar-refractivity contribution is 0.468. The van der Waals surface area contributed by atoms with E-state index < -0.39 is 0 Å². The number of phenolic OH excluding ortho intramolecular Hbond substituents is 1. The Morgan fingerprint density at radius 1 is 1.16 bits per heavy atom. The fourth-order valence-electron chi connectivity index (χ4n) is 2.22. The molecule has 0 amide bonds. The molecule has 128 valence electrons. The summed E-state index contributed by atoms with van der Waals surface area (Å²) in [5, 5.41) is 14.8. The molecule has 25 heavy (non-hydrogen) atoms. The Kier molecular flexibility index (Phi) is 5.48. The molecule has 5 nitrogen and oxygen atoms in total. The highest BCUT2D eigenvalue weighted by molar-refractivity contribution is 9.11. The molecule has 0 unspecified atom stereocenters. The second-order valence-corrected chi connectivity index (χ2v) is 8.52. The van der Waals surface area contributed by atoms with Gasteiger partial charge >= 0.3 is 0 Å². The zero-order valence-corrected chi connectivity index (χ0v) is 18.9. The standard InChI is InChI=1S/C16H9Br4N3O2/c1-7-22-13-3-2-8(17)4-9(13)16(25)23(7)21-6-10-11(18)5-12(19)15(24)14(10)20/h2-6,24H,1H3. The maximum atomic E-state index is 12.7. The summed E-state index contributed by atoms with van der Waals surface area (Å²) in [5.41, 5.74) is 0.941. The van der Waals surface area contributed by atoms with E-state index in [4.69, 9.17) is 0 Å². The van der Waals surface area contributed by atoms with Crippen LogP contribution in [0.5, 0.6) is 5.75 Å². The molecule has 3 aromatic rings. The molecule has 1 N–H and O–H groups in total. The van der Waals surface area contributed by atoms with Gasteiger partial charge in [-0.25, -0.2) is 4.98 Å². The maximum Gasteiger partial charge on any atom is 0.282 e. The zero-order chi connectivity index (χ0) is 18.3. The van der Waals surface area contributed by atoms with E-state index in [1.54, 1.807) is 25.1 Å². The first-order chi connectivity index (χ1) is 11.8. The highest BCUT2D eigenvalue weighted by Gasteiger charge is 2.13. The quantitative estimate of drug-likeness (QED) is 0.407. The Hall–Kier alpha value is -1.03. The van der Waals surface area contributed by atoms with Crippen LogP contribution >= 0.6 is 63.7 Å². The number of aryl methyl sites for hydroxylation is 1. The summed E-state index contributed by atoms with van der Waals surface area (Å²) in [7, 11) is 0. The van der Waals surface area contributed by atoms with Crippen LogP contribution < -0.4 is 5.56 Å². The Labute approximate surface area is 176 Å². The summed E-state index contributed by atoms with van der Waals surface area (Å²) in [5.74, 6) is 0.513. The van der Waals surface area contributed by atoms with Crippen molar-refractivity contribution in [3.63, 3.8) is 0 Å². The molecule has 0 saturated heterocycles. The van der Waals surface area contributed by atoms with E-state index in [-0.39, 0.29) is 11.3 Å². The molecular formula is C16H9Br4N3O2. The molecular weight excluding hydrogens is 586 g/mol. The van der Waals surface area contributed by atoms with Crippen molar-refractivity contribution in [3.05, 3.63) is 63.9 Å². The van der Waals surface area contributed by atoms with Crippen molar-refractivity contribution in [3.8, 4) is 5.75 Å². The first-order valence-electron chi connectivity index (χ1n) is 6.89. The number of nitrogens with zero attached hydrogens (tertiary/aromatic N) is 3. The lowest BCUT2D eigenvalue weighted by atomic mass is 10.2. The van der Waals surface area contributed by atoms with Gasteiger partial charge in [0.1, 0.15) is 11.6 Å². The summed E-state index contributed by atoms with van der Waals surface area (Å²) in [4.78, 5) is 17.1. The number of benzene rings is 2. The third-order valence-corrected chi connectivity index (χ3v) is 6.01. The van der Waals surface area contributed by atoms with Crippen LogP contribution in [0.3, 0.4) is 0 Å². The minimum atomic E-state index is -0.270. The van der Waals surface area contributed by atoms with Crippen molar-refractivity contribution in [1.29, 1.82) is 0 Å². The smallest absolute Gasteiger partial charge is 0.282 e. The van der Waals surface area contributed by atoms with Gasteiger partial charge in [-0.15, -0.1) is 0 Å². The Balaban J connectivity index is 2.18. The lowest BCUT2D eigenvalue weighted by Gasteiger charge is -2.08. The van der Waals surface area contributed by atoms with Crippen LogP contribution in [0.1, 0.15) is 11.4 Å². The van der Waals surface area contributed by atoms with Crippen LogP contribution in [0.15, 0.2) is 52.1 Å². The van der Waals surface area contributed by atoms with Crippen molar-refractivity contribution in [2.45, 2.75) is 6.92 Å². The summed E-state index contributed by atoms with van der Waals surface area (Å²) in [6.07, 6.45) is 1.49. The van der Waals surface area contributed by atoms with E-state index >= 15 is 0 Å². The number of phenols is 1. The summed E-state index contributed by atoms with van der Waals surface area (Å²) < 4.78 is 3.72. The average Bonchev–Trinajstić information content (AvgIpc) is 2.56. The van der Waals surface area contributed by atoms with Crippen molar-refractivity contribution >= 4 is 80.8 Å². The van der Waals surface area contributed by atoms with Crippen molar-refractivity contribution in [1.82, 2.24) is 9.66 Å². The van der Waals surface area contributed by atoms with Gasteiger partial charge in [-0.2, -0.15) is 9.78 Å². The molecule has 0 aliphatic rings. The van der Waals surface area contributed by atoms with Gasteiger partial charge in [0.2, 0.25) is 0 Å². The van der Waals surface area contributed by atoms with Crippen LogP contribution in [-0.4, -0.2) is 21.0 Å². The van der Waals surface area contributed by atoms with Crippen molar-refractivity contribution in [2.75, 3.05) is 0 Å². The minimum absolute atomic E-state index is 0.0503. The highest BCUT2D eigenvalue weighted by Crippen LogP contribution is 2.38. The number of rotatable bonds is 2. The van der Waals surface area contributed by atoms with Crippen LogP contribution in [-0.2, 0) is 0 Å². The summed E-state index contributed by atoms with van der Waals surface area (Å²) in [6.45, 7) is 1.71. The Morgan fingerprint density at radius 3 is 2.60 bits per heavy atom. The minimum Gasteiger partial charge on any atom is -0.506 e. The molecule has 0 fully saturated rings. The fraction of sp³-hybridized carbons (Fsp3) is 0.0625. The largest absolute Gasteiger partial charge is 0.506 e. The number of halogens is 4. The van der Waals surface area contributed by atoms with Crippen LogP contribution in [0.2, 0.25) is 0 Å². The van der Waals surface area contributed by atoms with E-state index in [1.165, 1.54) is 10.9 Å². The van der Waals surface area contributed by atoms with E-state index in [0.29, 0.717) is 35.7 Å². The molecule has 0 spiro atoms. The first-order valence-corrected chi connectivity index (χ1v) is 10.1. The van der Waals surface area contributed by atoms with Crippen molar-refractivity contribution in [2.24, 2.45) is 5.10 Å². The molecule has 0 aliphatic carbocycles. The van der Waals surface area contributed by atoms with Gasteiger partial charge in [-0.05, 0) is 63.0 Å². The van der Waals surface area contributed by atoms with Gasteiger partial charge in [0.25, 0.3) is 5.56 Å². The van der Waals surface area contributed by atoms with Gasteiger partial charge in [0.05, 0.1) is 26.1 Å². The van der Waals surface area contributed by atoms with Crippen LogP contribution in [0.4, 0.5) is 0 Å². The molecule has 2 aromatic carbocycles. The molecule has 0 aliphatic heterocycles. The molecule has 0 bridgehead atoms. The molecule has 9 heteroatoms. The number of aromatic hydroxyl groups is 1.